The Morgan fingerprint density at radius 2 is 1.95 bits per heavy atom. The first-order valence-corrected chi connectivity index (χ1v) is 7.97. The molecule has 0 radical (unpaired) electrons. The summed E-state index contributed by atoms with van der Waals surface area (Å²) in [6.07, 6.45) is 2.03. The number of nitrogens with zero attached hydrogens (tertiary/aromatic N) is 2. The van der Waals surface area contributed by atoms with Crippen molar-refractivity contribution in [1.29, 1.82) is 0 Å². The molecule has 1 aromatic heterocycles. The van der Waals surface area contributed by atoms with Gasteiger partial charge in [0.05, 0.1) is 0 Å². The predicted octanol–water partition coefficient (Wildman–Crippen LogP) is 4.88. The van der Waals surface area contributed by atoms with Gasteiger partial charge in [0.1, 0.15) is 16.2 Å². The molecule has 5 heteroatoms. The maximum atomic E-state index is 5.87. The second-order valence-corrected chi connectivity index (χ2v) is 5.96. The molecule has 0 atom stereocenters. The van der Waals surface area contributed by atoms with E-state index in [2.05, 4.69) is 39.7 Å². The Bertz CT molecular complexity index is 575. The van der Waals surface area contributed by atoms with Crippen LogP contribution in [0.5, 0.6) is 11.6 Å². The molecule has 0 spiro atoms. The summed E-state index contributed by atoms with van der Waals surface area (Å²) in [6.45, 7) is 4.11. The zero-order valence-corrected chi connectivity index (χ0v) is 13.5. The standard InChI is InChI=1S/C14H15BrN2OS/c1-9(2)14-16-12(15)8-13(17-14)18-10-6-4-5-7-11(10)19-3/h4-9H,1-3H3. The second-order valence-electron chi connectivity index (χ2n) is 4.29. The summed E-state index contributed by atoms with van der Waals surface area (Å²) in [5, 5.41) is 0. The summed E-state index contributed by atoms with van der Waals surface area (Å²) in [5.74, 6) is 2.41. The quantitative estimate of drug-likeness (QED) is 0.588. The van der Waals surface area contributed by atoms with Crippen molar-refractivity contribution < 1.29 is 4.74 Å². The Hall–Kier alpha value is -1.07. The number of para-hydroxylation sites is 1. The number of hydrogen-bond donors (Lipinski definition) is 0. The third kappa shape index (κ3) is 3.70. The normalized spacial score (nSPS) is 10.8. The molecular formula is C14H15BrN2OS. The fraction of sp³-hybridized carbons (Fsp3) is 0.286. The molecule has 19 heavy (non-hydrogen) atoms. The molecule has 0 aliphatic rings. The molecule has 2 aromatic rings. The van der Waals surface area contributed by atoms with Crippen molar-refractivity contribution in [2.45, 2.75) is 24.7 Å². The van der Waals surface area contributed by atoms with Crippen LogP contribution in [-0.2, 0) is 0 Å². The van der Waals surface area contributed by atoms with Crippen molar-refractivity contribution in [2.24, 2.45) is 0 Å². The van der Waals surface area contributed by atoms with Gasteiger partial charge in [0.2, 0.25) is 5.88 Å². The Balaban J connectivity index is 2.32. The van der Waals surface area contributed by atoms with Crippen molar-refractivity contribution >= 4 is 27.7 Å². The maximum Gasteiger partial charge on any atom is 0.223 e. The average Bonchev–Trinajstić information content (AvgIpc) is 2.38. The molecule has 0 unspecified atom stereocenters. The van der Waals surface area contributed by atoms with E-state index in [1.165, 1.54) is 0 Å². The van der Waals surface area contributed by atoms with Crippen LogP contribution in [-0.4, -0.2) is 16.2 Å². The zero-order valence-electron chi connectivity index (χ0n) is 11.1. The number of aromatic nitrogens is 2. The molecule has 2 rings (SSSR count). The fourth-order valence-electron chi connectivity index (χ4n) is 1.54. The number of hydrogen-bond acceptors (Lipinski definition) is 4. The highest BCUT2D eigenvalue weighted by Gasteiger charge is 2.10. The predicted molar refractivity (Wildman–Crippen MR) is 82.1 cm³/mol. The number of benzene rings is 1. The minimum absolute atomic E-state index is 0.260. The van der Waals surface area contributed by atoms with Crippen molar-refractivity contribution in [3.63, 3.8) is 0 Å². The molecule has 0 bridgehead atoms. The van der Waals surface area contributed by atoms with E-state index in [1.54, 1.807) is 17.8 Å². The van der Waals surface area contributed by atoms with Crippen molar-refractivity contribution in [1.82, 2.24) is 9.97 Å². The average molecular weight is 339 g/mol. The van der Waals surface area contributed by atoms with Crippen molar-refractivity contribution in [2.75, 3.05) is 6.26 Å². The van der Waals surface area contributed by atoms with Gasteiger partial charge in [-0.1, -0.05) is 26.0 Å². The lowest BCUT2D eigenvalue weighted by Gasteiger charge is -2.11. The van der Waals surface area contributed by atoms with E-state index in [1.807, 2.05) is 30.5 Å². The lowest BCUT2D eigenvalue weighted by Crippen LogP contribution is -2.00. The third-order valence-corrected chi connectivity index (χ3v) is 3.67. The summed E-state index contributed by atoms with van der Waals surface area (Å²) >= 11 is 5.04. The van der Waals surface area contributed by atoms with E-state index in [0.717, 1.165) is 21.1 Å². The summed E-state index contributed by atoms with van der Waals surface area (Å²) in [6, 6.07) is 9.70. The Morgan fingerprint density at radius 1 is 1.21 bits per heavy atom. The van der Waals surface area contributed by atoms with Crippen LogP contribution in [0.2, 0.25) is 0 Å². The lowest BCUT2D eigenvalue weighted by molar-refractivity contribution is 0.446. The van der Waals surface area contributed by atoms with Gasteiger partial charge in [0, 0.05) is 16.9 Å². The van der Waals surface area contributed by atoms with Crippen molar-refractivity contribution in [3.8, 4) is 11.6 Å². The van der Waals surface area contributed by atoms with Gasteiger partial charge in [-0.2, -0.15) is 4.98 Å². The van der Waals surface area contributed by atoms with Crippen LogP contribution < -0.4 is 4.74 Å². The van der Waals surface area contributed by atoms with Gasteiger partial charge >= 0.3 is 0 Å². The van der Waals surface area contributed by atoms with E-state index in [-0.39, 0.29) is 5.92 Å². The van der Waals surface area contributed by atoms with Crippen LogP contribution in [0.15, 0.2) is 39.8 Å². The topological polar surface area (TPSA) is 35.0 Å². The summed E-state index contributed by atoms with van der Waals surface area (Å²) in [7, 11) is 0. The van der Waals surface area contributed by atoms with Crippen LogP contribution in [0.3, 0.4) is 0 Å². The van der Waals surface area contributed by atoms with Gasteiger partial charge in [-0.05, 0) is 34.3 Å². The number of ether oxygens (including phenoxy) is 1. The van der Waals surface area contributed by atoms with Gasteiger partial charge < -0.3 is 4.74 Å². The third-order valence-electron chi connectivity index (χ3n) is 2.49. The Morgan fingerprint density at radius 3 is 2.63 bits per heavy atom. The molecule has 1 aromatic carbocycles. The Kier molecular flexibility index (Phi) is 4.82. The monoisotopic (exact) mass is 338 g/mol. The number of rotatable bonds is 4. The van der Waals surface area contributed by atoms with E-state index in [4.69, 9.17) is 4.74 Å². The maximum absolute atomic E-state index is 5.87. The Labute approximate surface area is 125 Å². The molecule has 3 nitrogen and oxygen atoms in total. The molecular weight excluding hydrogens is 324 g/mol. The summed E-state index contributed by atoms with van der Waals surface area (Å²) in [5.41, 5.74) is 0. The van der Waals surface area contributed by atoms with E-state index < -0.39 is 0 Å². The van der Waals surface area contributed by atoms with Gasteiger partial charge in [0.15, 0.2) is 0 Å². The first-order chi connectivity index (χ1) is 9.10. The lowest BCUT2D eigenvalue weighted by atomic mass is 10.2. The van der Waals surface area contributed by atoms with Gasteiger partial charge in [0.25, 0.3) is 0 Å². The first-order valence-electron chi connectivity index (χ1n) is 5.95. The minimum atomic E-state index is 0.260. The highest BCUT2D eigenvalue weighted by molar-refractivity contribution is 9.10. The highest BCUT2D eigenvalue weighted by atomic mass is 79.9. The molecule has 0 amide bonds. The van der Waals surface area contributed by atoms with E-state index in [9.17, 15) is 0 Å². The van der Waals surface area contributed by atoms with Crippen molar-refractivity contribution in [3.05, 3.63) is 40.8 Å². The summed E-state index contributed by atoms with van der Waals surface area (Å²) in [4.78, 5) is 9.86. The minimum Gasteiger partial charge on any atom is -0.438 e. The van der Waals surface area contributed by atoms with Gasteiger partial charge in [-0.25, -0.2) is 4.98 Å². The zero-order chi connectivity index (χ0) is 13.8. The second kappa shape index (κ2) is 6.39. The SMILES string of the molecule is CSc1ccccc1Oc1cc(Br)nc(C(C)C)n1. The highest BCUT2D eigenvalue weighted by Crippen LogP contribution is 2.31. The number of thioether (sulfide) groups is 1. The van der Waals surface area contributed by atoms with Crippen LogP contribution in [0.25, 0.3) is 0 Å². The van der Waals surface area contributed by atoms with Crippen LogP contribution in [0.1, 0.15) is 25.6 Å². The summed E-state index contributed by atoms with van der Waals surface area (Å²) < 4.78 is 6.61. The van der Waals surface area contributed by atoms with E-state index in [0.29, 0.717) is 5.88 Å². The van der Waals surface area contributed by atoms with Gasteiger partial charge in [-0.3, -0.25) is 0 Å². The molecule has 0 fully saturated rings. The molecule has 100 valence electrons. The molecule has 0 saturated carbocycles. The smallest absolute Gasteiger partial charge is 0.223 e. The fourth-order valence-corrected chi connectivity index (χ4v) is 2.44. The van der Waals surface area contributed by atoms with Crippen LogP contribution >= 0.6 is 27.7 Å². The van der Waals surface area contributed by atoms with E-state index >= 15 is 0 Å². The first kappa shape index (κ1) is 14.3. The molecule has 0 aliphatic carbocycles. The number of halogens is 1. The van der Waals surface area contributed by atoms with Gasteiger partial charge in [-0.15, -0.1) is 11.8 Å². The van der Waals surface area contributed by atoms with Crippen LogP contribution in [0.4, 0.5) is 0 Å². The largest absolute Gasteiger partial charge is 0.438 e. The molecule has 0 aliphatic heterocycles. The molecule has 1 heterocycles. The molecule has 0 saturated heterocycles. The van der Waals surface area contributed by atoms with Crippen LogP contribution in [0, 0.1) is 0 Å². The molecule has 0 N–H and O–H groups in total.